The zero-order chi connectivity index (χ0) is 14.2. The first kappa shape index (κ1) is 14.1. The normalized spacial score (nSPS) is 15.9. The fourth-order valence-electron chi connectivity index (χ4n) is 1.81. The Morgan fingerprint density at radius 1 is 1.35 bits per heavy atom. The van der Waals surface area contributed by atoms with Gasteiger partial charge in [0.15, 0.2) is 18.2 Å². The van der Waals surface area contributed by atoms with Crippen molar-refractivity contribution in [2.24, 2.45) is 0 Å². The zero-order valence-electron chi connectivity index (χ0n) is 11.1. The lowest BCUT2D eigenvalue weighted by molar-refractivity contribution is -0.123. The number of halogens is 1. The molecule has 4 nitrogen and oxygen atoms in total. The van der Waals surface area contributed by atoms with E-state index in [1.165, 1.54) is 17.7 Å². The Morgan fingerprint density at radius 2 is 2.20 bits per heavy atom. The first-order chi connectivity index (χ1) is 9.75. The Kier molecular flexibility index (Phi) is 5.17. The van der Waals surface area contributed by atoms with Crippen molar-refractivity contribution in [3.05, 3.63) is 54.0 Å². The molecule has 0 bridgehead atoms. The second-order valence-corrected chi connectivity index (χ2v) is 4.43. The van der Waals surface area contributed by atoms with Gasteiger partial charge in [0.25, 0.3) is 5.91 Å². The van der Waals surface area contributed by atoms with Gasteiger partial charge in [0.2, 0.25) is 0 Å². The fourth-order valence-corrected chi connectivity index (χ4v) is 1.81. The van der Waals surface area contributed by atoms with E-state index in [1.54, 1.807) is 18.3 Å². The van der Waals surface area contributed by atoms with Crippen LogP contribution in [0, 0.1) is 5.82 Å². The average Bonchev–Trinajstić information content (AvgIpc) is 2.47. The molecule has 0 unspecified atom stereocenters. The molecule has 0 saturated carbocycles. The van der Waals surface area contributed by atoms with Gasteiger partial charge < -0.3 is 10.2 Å². The molecule has 0 atom stereocenters. The molecule has 5 heteroatoms. The predicted molar refractivity (Wildman–Crippen MR) is 74.2 cm³/mol. The highest BCUT2D eigenvalue weighted by Gasteiger charge is 2.05. The van der Waals surface area contributed by atoms with Gasteiger partial charge in [-0.3, -0.25) is 10.2 Å². The highest BCUT2D eigenvalue weighted by Crippen LogP contribution is 2.16. The number of carbonyl (C=O) groups is 1. The molecule has 1 aromatic rings. The number of benzene rings is 1. The molecule has 0 spiro atoms. The van der Waals surface area contributed by atoms with Gasteiger partial charge in [-0.05, 0) is 37.0 Å². The lowest BCUT2D eigenvalue weighted by Crippen LogP contribution is -2.37. The molecule has 2 N–H and O–H groups in total. The molecule has 0 aliphatic heterocycles. The summed E-state index contributed by atoms with van der Waals surface area (Å²) in [6.45, 7) is -0.239. The number of rotatable bonds is 5. The number of hydrogen-bond acceptors (Lipinski definition) is 3. The van der Waals surface area contributed by atoms with Crippen molar-refractivity contribution >= 4 is 5.91 Å². The molecule has 1 aliphatic rings. The van der Waals surface area contributed by atoms with Crippen LogP contribution in [0.1, 0.15) is 19.3 Å². The summed E-state index contributed by atoms with van der Waals surface area (Å²) in [5.74, 6) is -0.778. The van der Waals surface area contributed by atoms with Crippen LogP contribution in [0.3, 0.4) is 0 Å². The Balaban J connectivity index is 1.71. The molecule has 106 valence electrons. The van der Waals surface area contributed by atoms with Crippen molar-refractivity contribution in [1.82, 2.24) is 10.9 Å². The van der Waals surface area contributed by atoms with Crippen molar-refractivity contribution in [3.63, 3.8) is 0 Å². The molecular weight excluding hydrogens is 259 g/mol. The highest BCUT2D eigenvalue weighted by atomic mass is 19.1. The lowest BCUT2D eigenvalue weighted by atomic mass is 10.0. The molecule has 0 aromatic heterocycles. The number of amides is 1. The van der Waals surface area contributed by atoms with Gasteiger partial charge in [0.1, 0.15) is 0 Å². The van der Waals surface area contributed by atoms with E-state index in [0.29, 0.717) is 0 Å². The monoisotopic (exact) mass is 276 g/mol. The Hall–Kier alpha value is -2.30. The van der Waals surface area contributed by atoms with E-state index < -0.39 is 5.82 Å². The van der Waals surface area contributed by atoms with Crippen LogP contribution in [0.2, 0.25) is 0 Å². The number of ether oxygens (including phenoxy) is 1. The van der Waals surface area contributed by atoms with Gasteiger partial charge >= 0.3 is 0 Å². The standard InChI is InChI=1S/C15H17FN2O2/c16-13-8-4-5-9-14(13)20-11-15(19)18-17-10-12-6-2-1-3-7-12/h1-2,4-5,8-10,17H,3,6-7,11H2,(H,18,19)/b12-10-. The summed E-state index contributed by atoms with van der Waals surface area (Å²) in [5, 5.41) is 0. The minimum absolute atomic E-state index is 0.0680. The van der Waals surface area contributed by atoms with Crippen LogP contribution in [0.4, 0.5) is 4.39 Å². The van der Waals surface area contributed by atoms with Gasteiger partial charge in [-0.25, -0.2) is 4.39 Å². The fraction of sp³-hybridized carbons (Fsp3) is 0.267. The van der Waals surface area contributed by atoms with Gasteiger partial charge in [-0.15, -0.1) is 0 Å². The van der Waals surface area contributed by atoms with Crippen molar-refractivity contribution in [3.8, 4) is 5.75 Å². The number of carbonyl (C=O) groups excluding carboxylic acids is 1. The minimum Gasteiger partial charge on any atom is -0.481 e. The molecule has 20 heavy (non-hydrogen) atoms. The third-order valence-electron chi connectivity index (χ3n) is 2.86. The van der Waals surface area contributed by atoms with Crippen molar-refractivity contribution in [2.45, 2.75) is 19.3 Å². The van der Waals surface area contributed by atoms with Crippen LogP contribution in [0.25, 0.3) is 0 Å². The van der Waals surface area contributed by atoms with E-state index in [9.17, 15) is 9.18 Å². The van der Waals surface area contributed by atoms with E-state index in [4.69, 9.17) is 4.74 Å². The topological polar surface area (TPSA) is 50.4 Å². The number of nitrogens with one attached hydrogen (secondary N) is 2. The molecule has 0 radical (unpaired) electrons. The summed E-state index contributed by atoms with van der Waals surface area (Å²) in [5.41, 5.74) is 6.44. The van der Waals surface area contributed by atoms with E-state index >= 15 is 0 Å². The second kappa shape index (κ2) is 7.33. The second-order valence-electron chi connectivity index (χ2n) is 4.43. The lowest BCUT2D eigenvalue weighted by Gasteiger charge is -2.10. The average molecular weight is 276 g/mol. The summed E-state index contributed by atoms with van der Waals surface area (Å²) >= 11 is 0. The van der Waals surface area contributed by atoms with Crippen molar-refractivity contribution in [1.29, 1.82) is 0 Å². The quantitative estimate of drug-likeness (QED) is 0.641. The Morgan fingerprint density at radius 3 is 2.95 bits per heavy atom. The van der Waals surface area contributed by atoms with Crippen molar-refractivity contribution < 1.29 is 13.9 Å². The van der Waals surface area contributed by atoms with Crippen LogP contribution in [0.15, 0.2) is 48.2 Å². The SMILES string of the molecule is O=C(COc1ccccc1F)NN/C=C1/CC=CCC1. The number of para-hydroxylation sites is 1. The number of allylic oxidation sites excluding steroid dienone is 3. The van der Waals surface area contributed by atoms with Gasteiger partial charge in [-0.1, -0.05) is 24.3 Å². The number of hydrazine groups is 1. The minimum atomic E-state index is -0.482. The first-order valence-corrected chi connectivity index (χ1v) is 6.50. The van der Waals surface area contributed by atoms with Crippen LogP contribution < -0.4 is 15.6 Å². The smallest absolute Gasteiger partial charge is 0.276 e. The third-order valence-corrected chi connectivity index (χ3v) is 2.86. The number of hydrogen-bond donors (Lipinski definition) is 2. The third kappa shape index (κ3) is 4.42. The summed E-state index contributed by atoms with van der Waals surface area (Å²) in [7, 11) is 0. The van der Waals surface area contributed by atoms with Crippen LogP contribution >= 0.6 is 0 Å². The maximum atomic E-state index is 13.2. The van der Waals surface area contributed by atoms with E-state index in [2.05, 4.69) is 23.0 Å². The molecule has 2 rings (SSSR count). The summed E-state index contributed by atoms with van der Waals surface area (Å²) in [6.07, 6.45) is 8.93. The maximum Gasteiger partial charge on any atom is 0.276 e. The van der Waals surface area contributed by atoms with Gasteiger partial charge in [-0.2, -0.15) is 0 Å². The zero-order valence-corrected chi connectivity index (χ0v) is 11.1. The molecule has 1 amide bonds. The molecular formula is C15H17FN2O2. The molecule has 0 heterocycles. The molecule has 1 aromatic carbocycles. The predicted octanol–water partition coefficient (Wildman–Crippen LogP) is 2.45. The van der Waals surface area contributed by atoms with Gasteiger partial charge in [0, 0.05) is 6.20 Å². The summed E-state index contributed by atoms with van der Waals surface area (Å²) in [6, 6.07) is 5.98. The largest absolute Gasteiger partial charge is 0.481 e. The van der Waals surface area contributed by atoms with Crippen LogP contribution in [0.5, 0.6) is 5.75 Å². The summed E-state index contributed by atoms with van der Waals surface area (Å²) < 4.78 is 18.3. The van der Waals surface area contributed by atoms with E-state index in [0.717, 1.165) is 19.3 Å². The maximum absolute atomic E-state index is 13.2. The van der Waals surface area contributed by atoms with Crippen molar-refractivity contribution in [2.75, 3.05) is 6.61 Å². The molecule has 0 fully saturated rings. The van der Waals surface area contributed by atoms with E-state index in [1.807, 2.05) is 0 Å². The van der Waals surface area contributed by atoms with Gasteiger partial charge in [0.05, 0.1) is 0 Å². The molecule has 0 saturated heterocycles. The van der Waals surface area contributed by atoms with E-state index in [-0.39, 0.29) is 18.3 Å². The Labute approximate surface area is 117 Å². The molecule has 1 aliphatic carbocycles. The highest BCUT2D eigenvalue weighted by molar-refractivity contribution is 5.77. The van der Waals surface area contributed by atoms with Crippen LogP contribution in [-0.2, 0) is 4.79 Å². The van der Waals surface area contributed by atoms with Crippen LogP contribution in [-0.4, -0.2) is 12.5 Å². The Bertz CT molecular complexity index is 526. The first-order valence-electron chi connectivity index (χ1n) is 6.50. The summed E-state index contributed by atoms with van der Waals surface area (Å²) in [4.78, 5) is 11.5.